The number of nitrogens with zero attached hydrogens (tertiary/aromatic N) is 3. The number of anilines is 1. The van der Waals surface area contributed by atoms with Gasteiger partial charge in [-0.1, -0.05) is 23.5 Å². The van der Waals surface area contributed by atoms with Crippen LogP contribution in [0.15, 0.2) is 47.4 Å². The van der Waals surface area contributed by atoms with E-state index in [1.807, 2.05) is 25.1 Å². The second kappa shape index (κ2) is 11.0. The zero-order valence-electron chi connectivity index (χ0n) is 20.6. The maximum Gasteiger partial charge on any atom is 0.245 e. The van der Waals surface area contributed by atoms with Crippen molar-refractivity contribution in [3.63, 3.8) is 0 Å². The molecular weight excluding hydrogens is 517 g/mol. The zero-order valence-corrected chi connectivity index (χ0v) is 22.3. The largest absolute Gasteiger partial charge is 0.494 e. The van der Waals surface area contributed by atoms with Gasteiger partial charge in [-0.2, -0.15) is 4.31 Å². The van der Waals surface area contributed by atoms with Gasteiger partial charge in [-0.25, -0.2) is 17.8 Å². The van der Waals surface area contributed by atoms with Crippen LogP contribution in [-0.4, -0.2) is 62.6 Å². The summed E-state index contributed by atoms with van der Waals surface area (Å²) in [5.74, 6) is -0.459. The molecule has 11 heteroatoms. The van der Waals surface area contributed by atoms with Crippen molar-refractivity contribution in [1.29, 1.82) is 0 Å². The van der Waals surface area contributed by atoms with Crippen LogP contribution in [0.25, 0.3) is 10.2 Å². The van der Waals surface area contributed by atoms with E-state index in [1.165, 1.54) is 33.8 Å². The van der Waals surface area contributed by atoms with Crippen LogP contribution in [0.2, 0.25) is 0 Å². The number of rotatable bonds is 8. The van der Waals surface area contributed by atoms with E-state index in [4.69, 9.17) is 14.5 Å². The van der Waals surface area contributed by atoms with Crippen LogP contribution < -0.4 is 9.64 Å². The average molecular weight is 548 g/mol. The Balaban J connectivity index is 1.35. The molecule has 5 rings (SSSR count). The lowest BCUT2D eigenvalue weighted by Gasteiger charge is -2.33. The van der Waals surface area contributed by atoms with Crippen LogP contribution in [0.5, 0.6) is 5.75 Å². The number of carbonyl (C=O) groups is 1. The number of carbonyl (C=O) groups excluding carboxylic acids is 1. The molecule has 8 nitrogen and oxygen atoms in total. The van der Waals surface area contributed by atoms with Crippen molar-refractivity contribution < 1.29 is 27.1 Å². The van der Waals surface area contributed by atoms with Gasteiger partial charge in [0.2, 0.25) is 15.9 Å². The standard InChI is InChI=1S/C26H30FN3O5S2/c1-2-34-19-9-10-22-23(16-19)36-26(28-22)30(17-20-6-5-15-35-20)25(31)18-11-13-29(14-12-18)37(32,33)24-8-4-3-7-21(24)27/h3-4,7-10,16,18,20H,2,5-6,11-15,17H2,1H3. The molecule has 37 heavy (non-hydrogen) atoms. The van der Waals surface area contributed by atoms with Crippen molar-refractivity contribution >= 4 is 42.6 Å². The Bertz CT molecular complexity index is 1370. The van der Waals surface area contributed by atoms with Gasteiger partial charge in [0.15, 0.2) is 5.13 Å². The molecule has 1 aromatic heterocycles. The van der Waals surface area contributed by atoms with Gasteiger partial charge in [-0.05, 0) is 62.9 Å². The molecule has 0 aliphatic carbocycles. The predicted molar refractivity (Wildman–Crippen MR) is 140 cm³/mol. The second-order valence-corrected chi connectivity index (χ2v) is 12.2. The van der Waals surface area contributed by atoms with Gasteiger partial charge in [0.25, 0.3) is 0 Å². The fraction of sp³-hybridized carbons (Fsp3) is 0.462. The normalized spacial score (nSPS) is 19.4. The Morgan fingerprint density at radius 1 is 1.22 bits per heavy atom. The molecule has 3 aromatic rings. The molecule has 1 amide bonds. The van der Waals surface area contributed by atoms with E-state index in [0.717, 1.165) is 34.9 Å². The minimum atomic E-state index is -3.97. The van der Waals surface area contributed by atoms with E-state index in [0.29, 0.717) is 37.7 Å². The highest BCUT2D eigenvalue weighted by Crippen LogP contribution is 2.34. The highest BCUT2D eigenvalue weighted by molar-refractivity contribution is 7.89. The van der Waals surface area contributed by atoms with Crippen molar-refractivity contribution in [2.24, 2.45) is 5.92 Å². The highest BCUT2D eigenvalue weighted by Gasteiger charge is 2.37. The van der Waals surface area contributed by atoms with E-state index in [9.17, 15) is 17.6 Å². The molecule has 1 atom stereocenters. The lowest BCUT2D eigenvalue weighted by molar-refractivity contribution is -0.123. The lowest BCUT2D eigenvalue weighted by Crippen LogP contribution is -2.46. The molecule has 2 saturated heterocycles. The number of halogens is 1. The van der Waals surface area contributed by atoms with Gasteiger partial charge in [-0.3, -0.25) is 9.69 Å². The van der Waals surface area contributed by atoms with Crippen molar-refractivity contribution in [2.75, 3.05) is 37.7 Å². The summed E-state index contributed by atoms with van der Waals surface area (Å²) in [6.45, 7) is 3.88. The summed E-state index contributed by atoms with van der Waals surface area (Å²) in [4.78, 5) is 19.9. The van der Waals surface area contributed by atoms with Crippen LogP contribution >= 0.6 is 11.3 Å². The quantitative estimate of drug-likeness (QED) is 0.414. The summed E-state index contributed by atoms with van der Waals surface area (Å²) in [5.41, 5.74) is 0.791. The summed E-state index contributed by atoms with van der Waals surface area (Å²) < 4.78 is 53.8. The van der Waals surface area contributed by atoms with Crippen LogP contribution in [0.1, 0.15) is 32.6 Å². The van der Waals surface area contributed by atoms with Gasteiger partial charge < -0.3 is 9.47 Å². The van der Waals surface area contributed by atoms with Crippen molar-refractivity contribution in [1.82, 2.24) is 9.29 Å². The number of hydrogen-bond donors (Lipinski definition) is 0. The molecule has 0 bridgehead atoms. The number of benzene rings is 2. The molecule has 198 valence electrons. The maximum absolute atomic E-state index is 14.2. The van der Waals surface area contributed by atoms with Crippen LogP contribution in [0.3, 0.4) is 0 Å². The average Bonchev–Trinajstić information content (AvgIpc) is 3.57. The van der Waals surface area contributed by atoms with Crippen molar-refractivity contribution in [3.8, 4) is 5.75 Å². The SMILES string of the molecule is CCOc1ccc2nc(N(CC3CCCO3)C(=O)C3CCN(S(=O)(=O)c4ccccc4F)CC3)sc2c1. The molecule has 2 fully saturated rings. The third-order valence-corrected chi connectivity index (χ3v) is 9.80. The molecule has 0 spiro atoms. The van der Waals surface area contributed by atoms with Gasteiger partial charge in [0, 0.05) is 25.6 Å². The summed E-state index contributed by atoms with van der Waals surface area (Å²) in [6.07, 6.45) is 2.48. The first-order chi connectivity index (χ1) is 17.9. The molecule has 0 radical (unpaired) electrons. The van der Waals surface area contributed by atoms with Gasteiger partial charge in [-0.15, -0.1) is 0 Å². The minimum absolute atomic E-state index is 0.0588. The maximum atomic E-state index is 14.2. The first-order valence-corrected chi connectivity index (χ1v) is 14.8. The number of piperidine rings is 1. The van der Waals surface area contributed by atoms with Crippen LogP contribution in [0.4, 0.5) is 9.52 Å². The first-order valence-electron chi connectivity index (χ1n) is 12.6. The molecule has 2 aliphatic rings. The predicted octanol–water partition coefficient (Wildman–Crippen LogP) is 4.45. The summed E-state index contributed by atoms with van der Waals surface area (Å²) in [5, 5.41) is 0.602. The number of amides is 1. The minimum Gasteiger partial charge on any atom is -0.494 e. The molecule has 0 N–H and O–H groups in total. The van der Waals surface area contributed by atoms with Crippen molar-refractivity contribution in [2.45, 2.75) is 43.6 Å². The zero-order chi connectivity index (χ0) is 26.0. The molecule has 0 saturated carbocycles. The number of fused-ring (bicyclic) bond motifs is 1. The number of hydrogen-bond acceptors (Lipinski definition) is 7. The lowest BCUT2D eigenvalue weighted by atomic mass is 9.96. The molecule has 2 aromatic carbocycles. The monoisotopic (exact) mass is 547 g/mol. The number of thiazole rings is 1. The highest BCUT2D eigenvalue weighted by atomic mass is 32.2. The fourth-order valence-corrected chi connectivity index (χ4v) is 7.42. The van der Waals surface area contributed by atoms with Crippen molar-refractivity contribution in [3.05, 3.63) is 48.3 Å². The van der Waals surface area contributed by atoms with Crippen LogP contribution in [-0.2, 0) is 19.6 Å². The number of sulfonamides is 1. The van der Waals surface area contributed by atoms with E-state index in [-0.39, 0.29) is 35.9 Å². The smallest absolute Gasteiger partial charge is 0.245 e. The summed E-state index contributed by atoms with van der Waals surface area (Å²) in [6, 6.07) is 11.1. The second-order valence-electron chi connectivity index (χ2n) is 9.25. The third-order valence-electron chi connectivity index (χ3n) is 6.82. The van der Waals surface area contributed by atoms with Gasteiger partial charge >= 0.3 is 0 Å². The number of ether oxygens (including phenoxy) is 2. The van der Waals surface area contributed by atoms with E-state index >= 15 is 0 Å². The number of aromatic nitrogens is 1. The summed E-state index contributed by atoms with van der Waals surface area (Å²) in [7, 11) is -3.97. The van der Waals surface area contributed by atoms with E-state index < -0.39 is 15.8 Å². The van der Waals surface area contributed by atoms with Gasteiger partial charge in [0.1, 0.15) is 16.5 Å². The Kier molecular flexibility index (Phi) is 7.75. The molecular formula is C26H30FN3O5S2. The topological polar surface area (TPSA) is 89.0 Å². The third kappa shape index (κ3) is 5.50. The Morgan fingerprint density at radius 2 is 2.00 bits per heavy atom. The first kappa shape index (κ1) is 26.0. The molecule has 2 aliphatic heterocycles. The fourth-order valence-electron chi connectivity index (χ4n) is 4.88. The molecule has 3 heterocycles. The van der Waals surface area contributed by atoms with E-state index in [1.54, 1.807) is 4.90 Å². The van der Waals surface area contributed by atoms with E-state index in [2.05, 4.69) is 0 Å². The Labute approximate surface area is 220 Å². The van der Waals surface area contributed by atoms with Crippen LogP contribution in [0, 0.1) is 11.7 Å². The molecule has 1 unspecified atom stereocenters. The Morgan fingerprint density at radius 3 is 2.70 bits per heavy atom. The van der Waals surface area contributed by atoms with Gasteiger partial charge in [0.05, 0.1) is 29.5 Å². The summed E-state index contributed by atoms with van der Waals surface area (Å²) >= 11 is 1.44. The Hall–Kier alpha value is -2.60.